The van der Waals surface area contributed by atoms with E-state index in [-0.39, 0.29) is 0 Å². The van der Waals surface area contributed by atoms with E-state index >= 15 is 0 Å². The lowest BCUT2D eigenvalue weighted by Crippen LogP contribution is -2.21. The van der Waals surface area contributed by atoms with Crippen LogP contribution in [0.5, 0.6) is 0 Å². The molecule has 0 aromatic carbocycles. The first-order chi connectivity index (χ1) is 11.0. The zero-order chi connectivity index (χ0) is 16.6. The molecule has 0 bridgehead atoms. The lowest BCUT2D eigenvalue weighted by atomic mass is 10.2. The monoisotopic (exact) mass is 314 g/mol. The largest absolute Gasteiger partial charge is 0.378 e. The fourth-order valence-corrected chi connectivity index (χ4v) is 2.81. The molecule has 0 saturated carbocycles. The van der Waals surface area contributed by atoms with E-state index in [4.69, 9.17) is 4.74 Å². The van der Waals surface area contributed by atoms with Crippen molar-refractivity contribution >= 4 is 11.5 Å². The highest BCUT2D eigenvalue weighted by Crippen LogP contribution is 2.21. The van der Waals surface area contributed by atoms with Gasteiger partial charge in [0.1, 0.15) is 5.82 Å². The van der Waals surface area contributed by atoms with Crippen LogP contribution in [-0.4, -0.2) is 38.5 Å². The van der Waals surface area contributed by atoms with Crippen LogP contribution < -0.4 is 4.90 Å². The molecule has 3 aromatic heterocycles. The van der Waals surface area contributed by atoms with Crippen molar-refractivity contribution in [2.75, 3.05) is 19.1 Å². The van der Waals surface area contributed by atoms with Crippen molar-refractivity contribution in [3.05, 3.63) is 41.0 Å². The number of anilines is 1. The Bertz CT molecular complexity index is 835. The van der Waals surface area contributed by atoms with Crippen LogP contribution in [0.4, 0.5) is 5.82 Å². The molecule has 3 aromatic rings. The van der Waals surface area contributed by atoms with E-state index in [0.29, 0.717) is 6.61 Å². The Morgan fingerprint density at radius 3 is 2.74 bits per heavy atom. The third-order valence-corrected chi connectivity index (χ3v) is 4.13. The SMILES string of the molecule is COCc1cc(N(C)Cc2c(C)nn(C)c2C)n2nccc2n1. The summed E-state index contributed by atoms with van der Waals surface area (Å²) < 4.78 is 8.99. The number of hydrogen-bond acceptors (Lipinski definition) is 5. The second-order valence-corrected chi connectivity index (χ2v) is 5.77. The van der Waals surface area contributed by atoms with Gasteiger partial charge in [0.05, 0.1) is 24.2 Å². The molecule has 0 N–H and O–H groups in total. The Hall–Kier alpha value is -2.41. The smallest absolute Gasteiger partial charge is 0.157 e. The Morgan fingerprint density at radius 2 is 2.09 bits per heavy atom. The summed E-state index contributed by atoms with van der Waals surface area (Å²) in [5.41, 5.74) is 5.18. The van der Waals surface area contributed by atoms with Crippen LogP contribution in [0, 0.1) is 13.8 Å². The van der Waals surface area contributed by atoms with Crippen molar-refractivity contribution in [3.8, 4) is 0 Å². The van der Waals surface area contributed by atoms with E-state index in [1.165, 1.54) is 11.3 Å². The van der Waals surface area contributed by atoms with Crippen molar-refractivity contribution < 1.29 is 4.74 Å². The fourth-order valence-electron chi connectivity index (χ4n) is 2.81. The number of aromatic nitrogens is 5. The van der Waals surface area contributed by atoms with Crippen molar-refractivity contribution in [2.24, 2.45) is 7.05 Å². The van der Waals surface area contributed by atoms with Gasteiger partial charge in [-0.1, -0.05) is 0 Å². The van der Waals surface area contributed by atoms with Crippen LogP contribution in [0.2, 0.25) is 0 Å². The molecule has 23 heavy (non-hydrogen) atoms. The first kappa shape index (κ1) is 15.5. The van der Waals surface area contributed by atoms with E-state index in [2.05, 4.69) is 34.1 Å². The first-order valence-electron chi connectivity index (χ1n) is 7.54. The minimum atomic E-state index is 0.480. The van der Waals surface area contributed by atoms with E-state index in [0.717, 1.165) is 29.4 Å². The molecular formula is C16H22N6O. The highest BCUT2D eigenvalue weighted by molar-refractivity contribution is 5.51. The predicted octanol–water partition coefficient (Wildman–Crippen LogP) is 1.86. The summed E-state index contributed by atoms with van der Waals surface area (Å²) in [4.78, 5) is 6.71. The average Bonchev–Trinajstić information content (AvgIpc) is 3.07. The van der Waals surface area contributed by atoms with E-state index in [9.17, 15) is 0 Å². The van der Waals surface area contributed by atoms with Gasteiger partial charge in [0.2, 0.25) is 0 Å². The lowest BCUT2D eigenvalue weighted by molar-refractivity contribution is 0.181. The molecule has 122 valence electrons. The molecule has 0 unspecified atom stereocenters. The standard InChI is InChI=1S/C16H22N6O/c1-11-14(12(2)21(4)19-11)9-20(3)16-8-13(10-23-5)18-15-6-7-17-22(15)16/h6-8H,9-10H2,1-5H3. The molecule has 7 heteroatoms. The van der Waals surface area contributed by atoms with Crippen LogP contribution in [0.15, 0.2) is 18.3 Å². The second kappa shape index (κ2) is 6.00. The fraction of sp³-hybridized carbons (Fsp3) is 0.438. The third kappa shape index (κ3) is 2.79. The maximum Gasteiger partial charge on any atom is 0.157 e. The number of aryl methyl sites for hydroxylation is 2. The van der Waals surface area contributed by atoms with Gasteiger partial charge in [-0.2, -0.15) is 14.7 Å². The number of fused-ring (bicyclic) bond motifs is 1. The Kier molecular flexibility index (Phi) is 4.04. The summed E-state index contributed by atoms with van der Waals surface area (Å²) in [5.74, 6) is 0.981. The Balaban J connectivity index is 1.99. The maximum atomic E-state index is 5.22. The van der Waals surface area contributed by atoms with Gasteiger partial charge >= 0.3 is 0 Å². The molecule has 0 aliphatic heterocycles. The number of methoxy groups -OCH3 is 1. The van der Waals surface area contributed by atoms with Crippen LogP contribution in [0.1, 0.15) is 22.6 Å². The molecule has 0 aliphatic carbocycles. The summed E-state index contributed by atoms with van der Waals surface area (Å²) in [6.45, 7) is 5.38. The lowest BCUT2D eigenvalue weighted by Gasteiger charge is -2.21. The minimum absolute atomic E-state index is 0.480. The molecule has 0 radical (unpaired) electrons. The van der Waals surface area contributed by atoms with Crippen LogP contribution in [0.3, 0.4) is 0 Å². The van der Waals surface area contributed by atoms with Crippen molar-refractivity contribution in [1.82, 2.24) is 24.4 Å². The summed E-state index contributed by atoms with van der Waals surface area (Å²) in [6, 6.07) is 3.92. The van der Waals surface area contributed by atoms with Gasteiger partial charge < -0.3 is 9.64 Å². The summed E-state index contributed by atoms with van der Waals surface area (Å²) in [7, 11) is 5.70. The zero-order valence-electron chi connectivity index (χ0n) is 14.2. The highest BCUT2D eigenvalue weighted by Gasteiger charge is 2.15. The molecule has 0 amide bonds. The summed E-state index contributed by atoms with van der Waals surface area (Å²) in [5, 5.41) is 8.88. The van der Waals surface area contributed by atoms with Crippen molar-refractivity contribution in [1.29, 1.82) is 0 Å². The Morgan fingerprint density at radius 1 is 1.30 bits per heavy atom. The van der Waals surface area contributed by atoms with E-state index in [1.807, 2.05) is 35.3 Å². The highest BCUT2D eigenvalue weighted by atomic mass is 16.5. The van der Waals surface area contributed by atoms with E-state index < -0.39 is 0 Å². The Labute approximate surface area is 135 Å². The normalized spacial score (nSPS) is 11.3. The maximum absolute atomic E-state index is 5.22. The zero-order valence-corrected chi connectivity index (χ0v) is 14.2. The topological polar surface area (TPSA) is 60.5 Å². The molecule has 0 aliphatic rings. The molecule has 0 spiro atoms. The molecule has 0 atom stereocenters. The van der Waals surface area contributed by atoms with Crippen LogP contribution in [0.25, 0.3) is 5.65 Å². The number of rotatable bonds is 5. The first-order valence-corrected chi connectivity index (χ1v) is 7.54. The van der Waals surface area contributed by atoms with Gasteiger partial charge in [0.25, 0.3) is 0 Å². The van der Waals surface area contributed by atoms with Gasteiger partial charge in [0, 0.05) is 51.1 Å². The van der Waals surface area contributed by atoms with Gasteiger partial charge in [-0.15, -0.1) is 0 Å². The minimum Gasteiger partial charge on any atom is -0.378 e. The summed E-state index contributed by atoms with van der Waals surface area (Å²) in [6.07, 6.45) is 1.76. The van der Waals surface area contributed by atoms with Gasteiger partial charge in [-0.05, 0) is 13.8 Å². The quantitative estimate of drug-likeness (QED) is 0.719. The average molecular weight is 314 g/mol. The molecule has 7 nitrogen and oxygen atoms in total. The van der Waals surface area contributed by atoms with Crippen LogP contribution >= 0.6 is 0 Å². The number of nitrogens with zero attached hydrogens (tertiary/aromatic N) is 6. The number of ether oxygens (including phenoxy) is 1. The third-order valence-electron chi connectivity index (χ3n) is 4.13. The molecule has 0 fully saturated rings. The van der Waals surface area contributed by atoms with Crippen molar-refractivity contribution in [3.63, 3.8) is 0 Å². The molecule has 3 heterocycles. The summed E-state index contributed by atoms with van der Waals surface area (Å²) >= 11 is 0. The number of hydrogen-bond donors (Lipinski definition) is 0. The molecular weight excluding hydrogens is 292 g/mol. The molecule has 0 saturated heterocycles. The van der Waals surface area contributed by atoms with Gasteiger partial charge in [-0.3, -0.25) is 4.68 Å². The van der Waals surface area contributed by atoms with Gasteiger partial charge in [-0.25, -0.2) is 4.98 Å². The van der Waals surface area contributed by atoms with Gasteiger partial charge in [0.15, 0.2) is 5.65 Å². The molecule has 3 rings (SSSR count). The van der Waals surface area contributed by atoms with E-state index in [1.54, 1.807) is 13.3 Å². The predicted molar refractivity (Wildman–Crippen MR) is 88.5 cm³/mol. The van der Waals surface area contributed by atoms with Crippen LogP contribution in [-0.2, 0) is 24.9 Å². The van der Waals surface area contributed by atoms with Crippen molar-refractivity contribution in [2.45, 2.75) is 27.0 Å². The second-order valence-electron chi connectivity index (χ2n) is 5.77.